The van der Waals surface area contributed by atoms with Gasteiger partial charge >= 0.3 is 0 Å². The van der Waals surface area contributed by atoms with Crippen LogP contribution in [0.4, 0.5) is 11.8 Å². The van der Waals surface area contributed by atoms with Crippen LogP contribution in [0.15, 0.2) is 50.5 Å². The van der Waals surface area contributed by atoms with E-state index in [-0.39, 0.29) is 16.5 Å². The van der Waals surface area contributed by atoms with Gasteiger partial charge in [-0.3, -0.25) is 14.8 Å². The van der Waals surface area contributed by atoms with E-state index in [0.29, 0.717) is 24.5 Å². The Kier molecular flexibility index (Phi) is 10.6. The minimum absolute atomic E-state index is 0. The lowest BCUT2D eigenvalue weighted by Gasteiger charge is -2.09. The zero-order valence-corrected chi connectivity index (χ0v) is 19.5. The molecule has 0 fully saturated rings. The Morgan fingerprint density at radius 2 is 1.77 bits per heavy atom. The molecule has 7 N–H and O–H groups in total. The van der Waals surface area contributed by atoms with Gasteiger partial charge in [-0.25, -0.2) is 9.97 Å². The van der Waals surface area contributed by atoms with Crippen LogP contribution in [-0.4, -0.2) is 44.0 Å². The highest BCUT2D eigenvalue weighted by Crippen LogP contribution is 2.28. The zero-order chi connectivity index (χ0) is 19.9. The van der Waals surface area contributed by atoms with Crippen molar-refractivity contribution in [2.45, 2.75) is 19.8 Å². The Hall–Kier alpha value is -2.34. The van der Waals surface area contributed by atoms with E-state index in [4.69, 9.17) is 0 Å². The number of anilines is 2. The van der Waals surface area contributed by atoms with E-state index in [1.807, 2.05) is 25.1 Å². The van der Waals surface area contributed by atoms with E-state index >= 15 is 0 Å². The molecule has 0 unspecified atom stereocenters. The molecule has 3 aromatic rings. The molecular formula is C19H24Br2N6O3. The molecule has 0 aliphatic carbocycles. The van der Waals surface area contributed by atoms with E-state index < -0.39 is 0 Å². The van der Waals surface area contributed by atoms with Crippen LogP contribution >= 0.6 is 31.9 Å². The molecule has 9 nitrogen and oxygen atoms in total. The van der Waals surface area contributed by atoms with Gasteiger partial charge in [-0.05, 0) is 62.9 Å². The number of hydrogen-bond donors (Lipinski definition) is 3. The minimum atomic E-state index is -0.140. The lowest BCUT2D eigenvalue weighted by Crippen LogP contribution is -2.18. The zero-order valence-electron chi connectivity index (χ0n) is 16.3. The van der Waals surface area contributed by atoms with Crippen LogP contribution in [-0.2, 0) is 6.42 Å². The second-order valence-corrected chi connectivity index (χ2v) is 7.88. The fraction of sp³-hybridized carbons (Fsp3) is 0.263. The molecule has 0 saturated carbocycles. The predicted molar refractivity (Wildman–Crippen MR) is 125 cm³/mol. The quantitative estimate of drug-likeness (QED) is 0.369. The molecule has 11 heteroatoms. The highest BCUT2D eigenvalue weighted by atomic mass is 79.9. The highest BCUT2D eigenvalue weighted by Gasteiger charge is 2.06. The van der Waals surface area contributed by atoms with Crippen molar-refractivity contribution in [3.63, 3.8) is 0 Å². The first-order valence-corrected chi connectivity index (χ1v) is 10.4. The number of hydrogen-bond acceptors (Lipinski definition) is 6. The average Bonchev–Trinajstić information content (AvgIpc) is 2.68. The fourth-order valence-electron chi connectivity index (χ4n) is 2.51. The second-order valence-electron chi connectivity index (χ2n) is 6.23. The van der Waals surface area contributed by atoms with E-state index in [1.54, 1.807) is 18.6 Å². The Morgan fingerprint density at radius 1 is 1.00 bits per heavy atom. The van der Waals surface area contributed by atoms with Crippen molar-refractivity contribution >= 4 is 43.6 Å². The van der Waals surface area contributed by atoms with Gasteiger partial charge in [-0.2, -0.15) is 0 Å². The standard InChI is InChI=1S/C19H20Br2N6O.2H2O/c1-12-3-4-13(10-25-12)9-14-11-26-19(27-18(14)28)24-7-2-6-22-17-16(21)15(20)5-8-23-17;;/h3-5,8,10-11H,2,6-7,9H2,1H3,(H,22,23)(H2,24,26,27,28);2*1H2. The molecule has 3 rings (SSSR count). The normalized spacial score (nSPS) is 9.97. The molecule has 0 saturated heterocycles. The number of aromatic amines is 1. The van der Waals surface area contributed by atoms with Crippen LogP contribution < -0.4 is 16.2 Å². The molecule has 0 aliphatic rings. The number of nitrogens with zero attached hydrogens (tertiary/aromatic N) is 3. The maximum absolute atomic E-state index is 12.3. The van der Waals surface area contributed by atoms with Crippen LogP contribution in [0, 0.1) is 6.92 Å². The van der Waals surface area contributed by atoms with Gasteiger partial charge in [0, 0.05) is 53.8 Å². The molecular weight excluding hydrogens is 520 g/mol. The van der Waals surface area contributed by atoms with Gasteiger partial charge in [0.05, 0.1) is 4.47 Å². The topological polar surface area (TPSA) is 159 Å². The minimum Gasteiger partial charge on any atom is -0.412 e. The summed E-state index contributed by atoms with van der Waals surface area (Å²) in [5, 5.41) is 6.40. The summed E-state index contributed by atoms with van der Waals surface area (Å²) in [5.41, 5.74) is 2.41. The third-order valence-electron chi connectivity index (χ3n) is 4.02. The maximum Gasteiger partial charge on any atom is 0.255 e. The van der Waals surface area contributed by atoms with Gasteiger partial charge in [0.2, 0.25) is 5.95 Å². The lowest BCUT2D eigenvalue weighted by atomic mass is 10.1. The summed E-state index contributed by atoms with van der Waals surface area (Å²) in [6, 6.07) is 5.78. The summed E-state index contributed by atoms with van der Waals surface area (Å²) >= 11 is 6.94. The van der Waals surface area contributed by atoms with Gasteiger partial charge in [0.1, 0.15) is 5.82 Å². The van der Waals surface area contributed by atoms with Crippen LogP contribution in [0.2, 0.25) is 0 Å². The van der Waals surface area contributed by atoms with Crippen molar-refractivity contribution in [1.82, 2.24) is 19.9 Å². The SMILES string of the molecule is Cc1ccc(Cc2cnc(NCCCNc3nccc(Br)c3Br)[nH]c2=O)cn1.O.O. The lowest BCUT2D eigenvalue weighted by molar-refractivity contribution is 0.823. The third kappa shape index (κ3) is 7.17. The molecule has 3 aromatic heterocycles. The first-order valence-electron chi connectivity index (χ1n) is 8.80. The Bertz CT molecular complexity index is 998. The van der Waals surface area contributed by atoms with Crippen LogP contribution in [0.25, 0.3) is 0 Å². The van der Waals surface area contributed by atoms with Crippen molar-refractivity contribution in [3.05, 3.63) is 72.9 Å². The van der Waals surface area contributed by atoms with E-state index in [2.05, 4.69) is 62.4 Å². The predicted octanol–water partition coefficient (Wildman–Crippen LogP) is 2.25. The van der Waals surface area contributed by atoms with Crippen molar-refractivity contribution < 1.29 is 11.0 Å². The van der Waals surface area contributed by atoms with Gasteiger partial charge in [-0.15, -0.1) is 0 Å². The number of nitrogens with one attached hydrogen (secondary N) is 3. The van der Waals surface area contributed by atoms with Gasteiger partial charge in [0.25, 0.3) is 5.56 Å². The smallest absolute Gasteiger partial charge is 0.255 e. The molecule has 30 heavy (non-hydrogen) atoms. The van der Waals surface area contributed by atoms with Gasteiger partial charge in [-0.1, -0.05) is 6.07 Å². The summed E-state index contributed by atoms with van der Waals surface area (Å²) < 4.78 is 1.85. The molecule has 3 heterocycles. The number of aryl methyl sites for hydroxylation is 1. The maximum atomic E-state index is 12.3. The van der Waals surface area contributed by atoms with Gasteiger partial charge in [0.15, 0.2) is 0 Å². The molecule has 0 aromatic carbocycles. The first-order chi connectivity index (χ1) is 13.5. The van der Waals surface area contributed by atoms with Crippen molar-refractivity contribution in [3.8, 4) is 0 Å². The highest BCUT2D eigenvalue weighted by molar-refractivity contribution is 9.13. The molecule has 0 radical (unpaired) electrons. The van der Waals surface area contributed by atoms with Crippen LogP contribution in [0.5, 0.6) is 0 Å². The molecule has 0 atom stereocenters. The largest absolute Gasteiger partial charge is 0.412 e. The van der Waals surface area contributed by atoms with E-state index in [9.17, 15) is 4.79 Å². The van der Waals surface area contributed by atoms with Crippen LogP contribution in [0.1, 0.15) is 23.2 Å². The van der Waals surface area contributed by atoms with E-state index in [1.165, 1.54) is 0 Å². The summed E-state index contributed by atoms with van der Waals surface area (Å²) in [6.45, 7) is 3.34. The first kappa shape index (κ1) is 25.7. The molecule has 0 bridgehead atoms. The summed E-state index contributed by atoms with van der Waals surface area (Å²) in [4.78, 5) is 27.9. The number of aromatic nitrogens is 4. The Morgan fingerprint density at radius 3 is 2.47 bits per heavy atom. The third-order valence-corrected chi connectivity index (χ3v) is 6.02. The number of pyridine rings is 2. The summed E-state index contributed by atoms with van der Waals surface area (Å²) in [6.07, 6.45) is 6.47. The van der Waals surface area contributed by atoms with Crippen molar-refractivity contribution in [1.29, 1.82) is 0 Å². The fourth-order valence-corrected chi connectivity index (χ4v) is 3.19. The number of H-pyrrole nitrogens is 1. The average molecular weight is 544 g/mol. The number of rotatable bonds is 8. The monoisotopic (exact) mass is 542 g/mol. The Labute approximate surface area is 190 Å². The summed E-state index contributed by atoms with van der Waals surface area (Å²) in [5.74, 6) is 1.26. The molecule has 0 aliphatic heterocycles. The molecule has 162 valence electrons. The second kappa shape index (κ2) is 12.4. The van der Waals surface area contributed by atoms with Crippen molar-refractivity contribution in [2.75, 3.05) is 23.7 Å². The van der Waals surface area contributed by atoms with Crippen molar-refractivity contribution in [2.24, 2.45) is 0 Å². The van der Waals surface area contributed by atoms with Crippen LogP contribution in [0.3, 0.4) is 0 Å². The molecule has 0 spiro atoms. The summed E-state index contributed by atoms with van der Waals surface area (Å²) in [7, 11) is 0. The van der Waals surface area contributed by atoms with E-state index in [0.717, 1.165) is 39.0 Å². The number of halogens is 2. The Balaban J connectivity index is 0.00000225. The molecule has 0 amide bonds. The van der Waals surface area contributed by atoms with Gasteiger partial charge < -0.3 is 21.6 Å².